The normalized spacial score (nSPS) is 18.6. The molecule has 3 N–H and O–H groups in total. The van der Waals surface area contributed by atoms with E-state index in [1.807, 2.05) is 0 Å². The molecule has 1 heterocycles. The Bertz CT molecular complexity index is 471. The molecule has 0 aromatic rings. The lowest BCUT2D eigenvalue weighted by atomic mass is 10.2. The van der Waals surface area contributed by atoms with Crippen LogP contribution in [0.5, 0.6) is 0 Å². The minimum absolute atomic E-state index is 0.541. The number of carboxylic acid groups (broad SMARTS) is 2. The summed E-state index contributed by atoms with van der Waals surface area (Å²) in [6.45, 7) is 2.72. The predicted molar refractivity (Wildman–Crippen MR) is 61.2 cm³/mol. The average molecular weight is 287 g/mol. The number of rotatable bonds is 5. The van der Waals surface area contributed by atoms with E-state index in [0.29, 0.717) is 0 Å². The van der Waals surface area contributed by atoms with Crippen LogP contribution in [-0.2, 0) is 28.7 Å². The molecule has 1 aliphatic heterocycles. The summed E-state index contributed by atoms with van der Waals surface area (Å²) in [5, 5.41) is 19.5. The number of esters is 2. The first-order valence-corrected chi connectivity index (χ1v) is 5.50. The van der Waals surface area contributed by atoms with Crippen LogP contribution in [0.2, 0.25) is 0 Å². The number of ether oxygens (including phenoxy) is 2. The maximum atomic E-state index is 11.5. The molecule has 0 aromatic heterocycles. The van der Waals surface area contributed by atoms with Crippen molar-refractivity contribution in [3.05, 3.63) is 11.8 Å². The fourth-order valence-corrected chi connectivity index (χ4v) is 1.35. The highest BCUT2D eigenvalue weighted by Gasteiger charge is 2.39. The molecule has 0 amide bonds. The second kappa shape index (κ2) is 5.59. The summed E-state index contributed by atoms with van der Waals surface area (Å²) in [7, 11) is 0. The Labute approximate surface area is 113 Å². The molecule has 0 aliphatic carbocycles. The number of hydrogen-bond donors (Lipinski definition) is 3. The van der Waals surface area contributed by atoms with Gasteiger partial charge in [0, 0.05) is 20.0 Å². The highest BCUT2D eigenvalue weighted by atomic mass is 16.7. The van der Waals surface area contributed by atoms with Crippen LogP contribution in [0, 0.1) is 0 Å². The summed E-state index contributed by atoms with van der Waals surface area (Å²) in [5.74, 6) is -6.17. The third-order valence-electron chi connectivity index (χ3n) is 2.22. The van der Waals surface area contributed by atoms with Gasteiger partial charge in [-0.25, -0.2) is 14.4 Å². The number of hydrogen-bond acceptors (Lipinski definition) is 7. The summed E-state index contributed by atoms with van der Waals surface area (Å²) in [6, 6.07) is -1.49. The molecule has 20 heavy (non-hydrogen) atoms. The Balaban J connectivity index is 2.83. The van der Waals surface area contributed by atoms with Crippen LogP contribution in [0.4, 0.5) is 0 Å². The first-order chi connectivity index (χ1) is 9.12. The summed E-state index contributed by atoms with van der Waals surface area (Å²) < 4.78 is 9.55. The molecule has 0 bridgehead atoms. The number of carboxylic acids is 2. The number of carbonyl (C=O) groups excluding carboxylic acids is 2. The van der Waals surface area contributed by atoms with E-state index in [-0.39, 0.29) is 0 Å². The van der Waals surface area contributed by atoms with Gasteiger partial charge < -0.3 is 25.0 Å². The second-order valence-corrected chi connectivity index (χ2v) is 4.39. The maximum absolute atomic E-state index is 11.5. The van der Waals surface area contributed by atoms with Crippen molar-refractivity contribution in [2.24, 2.45) is 0 Å². The maximum Gasteiger partial charge on any atom is 0.350 e. The molecule has 0 saturated carbocycles. The highest BCUT2D eigenvalue weighted by molar-refractivity contribution is 6.15. The van der Waals surface area contributed by atoms with Crippen molar-refractivity contribution < 1.29 is 38.9 Å². The zero-order valence-electron chi connectivity index (χ0n) is 10.7. The third kappa shape index (κ3) is 3.97. The minimum Gasteiger partial charge on any atom is -0.481 e. The third-order valence-corrected chi connectivity index (χ3v) is 2.22. The highest BCUT2D eigenvalue weighted by Crippen LogP contribution is 2.22. The van der Waals surface area contributed by atoms with Crippen LogP contribution in [0.3, 0.4) is 0 Å². The summed E-state index contributed by atoms with van der Waals surface area (Å²) in [4.78, 5) is 44.3. The molecule has 1 rings (SSSR count). The fraction of sp³-hybridized carbons (Fsp3) is 0.455. The van der Waals surface area contributed by atoms with E-state index in [9.17, 15) is 19.2 Å². The summed E-state index contributed by atoms with van der Waals surface area (Å²) in [5.41, 5.74) is -0.541. The molecular weight excluding hydrogens is 274 g/mol. The minimum atomic E-state index is -1.49. The summed E-state index contributed by atoms with van der Waals surface area (Å²) in [6.07, 6.45) is 0.0519. The van der Waals surface area contributed by atoms with Gasteiger partial charge in [0.25, 0.3) is 5.79 Å². The van der Waals surface area contributed by atoms with Gasteiger partial charge in [-0.1, -0.05) is 0 Å². The largest absolute Gasteiger partial charge is 0.481 e. The quantitative estimate of drug-likeness (QED) is 0.337. The molecular formula is C11H13NO8. The van der Waals surface area contributed by atoms with Crippen LogP contribution in [-0.4, -0.2) is 45.9 Å². The monoisotopic (exact) mass is 287 g/mol. The van der Waals surface area contributed by atoms with Gasteiger partial charge in [0.15, 0.2) is 5.57 Å². The molecule has 9 heteroatoms. The molecule has 110 valence electrons. The molecule has 1 aliphatic rings. The van der Waals surface area contributed by atoms with Crippen LogP contribution < -0.4 is 5.32 Å². The topological polar surface area (TPSA) is 139 Å². The standard InChI is InChI=1S/C11H13NO8/c1-11(2)19-9(17)5(10(18)20-11)4-12-6(8(15)16)3-7(13)14/h4,6,12H,3H2,1-2H3,(H,13,14)(H,15,16)/t6-/m1/s1. The smallest absolute Gasteiger partial charge is 0.350 e. The SMILES string of the molecule is CC1(C)OC(=O)C(=CN[C@H](CC(=O)O)C(=O)O)C(=O)O1. The number of carbonyl (C=O) groups is 4. The predicted octanol–water partition coefficient (Wildman–Crippen LogP) is -0.776. The van der Waals surface area contributed by atoms with Gasteiger partial charge in [0.05, 0.1) is 6.42 Å². The van der Waals surface area contributed by atoms with Gasteiger partial charge in [-0.05, 0) is 0 Å². The molecule has 0 spiro atoms. The molecule has 9 nitrogen and oxygen atoms in total. The summed E-state index contributed by atoms with van der Waals surface area (Å²) >= 11 is 0. The Hall–Kier alpha value is -2.58. The van der Waals surface area contributed by atoms with Crippen molar-refractivity contribution in [3.63, 3.8) is 0 Å². The number of cyclic esters (lactones) is 2. The van der Waals surface area contributed by atoms with Crippen molar-refractivity contribution in [1.82, 2.24) is 5.32 Å². The molecule has 0 radical (unpaired) electrons. The molecule has 0 unspecified atom stereocenters. The lowest BCUT2D eigenvalue weighted by molar-refractivity contribution is -0.222. The van der Waals surface area contributed by atoms with E-state index in [0.717, 1.165) is 6.20 Å². The van der Waals surface area contributed by atoms with Gasteiger partial charge in [-0.3, -0.25) is 4.79 Å². The first kappa shape index (κ1) is 15.5. The lowest BCUT2D eigenvalue weighted by Crippen LogP contribution is -2.43. The number of nitrogens with one attached hydrogen (secondary N) is 1. The van der Waals surface area contributed by atoms with Crippen LogP contribution >= 0.6 is 0 Å². The zero-order valence-corrected chi connectivity index (χ0v) is 10.7. The second-order valence-electron chi connectivity index (χ2n) is 4.39. The molecule has 1 fully saturated rings. The van der Waals surface area contributed by atoms with Gasteiger partial charge in [-0.2, -0.15) is 0 Å². The zero-order chi connectivity index (χ0) is 15.5. The van der Waals surface area contributed by atoms with Gasteiger partial charge in [-0.15, -0.1) is 0 Å². The lowest BCUT2D eigenvalue weighted by Gasteiger charge is -2.29. The van der Waals surface area contributed by atoms with E-state index < -0.39 is 47.7 Å². The van der Waals surface area contributed by atoms with Gasteiger partial charge in [0.2, 0.25) is 0 Å². The fourth-order valence-electron chi connectivity index (χ4n) is 1.35. The molecule has 1 atom stereocenters. The van der Waals surface area contributed by atoms with Crippen LogP contribution in [0.1, 0.15) is 20.3 Å². The van der Waals surface area contributed by atoms with E-state index in [1.165, 1.54) is 13.8 Å². The Morgan fingerprint density at radius 3 is 2.15 bits per heavy atom. The Kier molecular flexibility index (Phi) is 4.33. The van der Waals surface area contributed by atoms with E-state index in [4.69, 9.17) is 19.7 Å². The first-order valence-electron chi connectivity index (χ1n) is 5.50. The number of aliphatic carboxylic acids is 2. The van der Waals surface area contributed by atoms with Crippen molar-refractivity contribution in [2.45, 2.75) is 32.1 Å². The van der Waals surface area contributed by atoms with E-state index in [2.05, 4.69) is 5.32 Å². The van der Waals surface area contributed by atoms with Crippen LogP contribution in [0.15, 0.2) is 11.8 Å². The van der Waals surface area contributed by atoms with Crippen molar-refractivity contribution in [1.29, 1.82) is 0 Å². The van der Waals surface area contributed by atoms with Crippen LogP contribution in [0.25, 0.3) is 0 Å². The van der Waals surface area contributed by atoms with E-state index >= 15 is 0 Å². The van der Waals surface area contributed by atoms with Crippen molar-refractivity contribution in [2.75, 3.05) is 0 Å². The van der Waals surface area contributed by atoms with Gasteiger partial charge >= 0.3 is 23.9 Å². The molecule has 0 aromatic carbocycles. The van der Waals surface area contributed by atoms with Crippen molar-refractivity contribution >= 4 is 23.9 Å². The molecule has 1 saturated heterocycles. The Morgan fingerprint density at radius 2 is 1.75 bits per heavy atom. The van der Waals surface area contributed by atoms with Crippen molar-refractivity contribution in [3.8, 4) is 0 Å². The average Bonchev–Trinajstić information content (AvgIpc) is 2.23. The Morgan fingerprint density at radius 1 is 1.25 bits per heavy atom. The van der Waals surface area contributed by atoms with Gasteiger partial charge in [0.1, 0.15) is 6.04 Å². The van der Waals surface area contributed by atoms with E-state index in [1.54, 1.807) is 0 Å².